The maximum Gasteiger partial charge on any atom is 0.334 e. The molecule has 70 valence electrons. The fourth-order valence-corrected chi connectivity index (χ4v) is 1.12. The summed E-state index contributed by atoms with van der Waals surface area (Å²) in [6, 6.07) is 9.39. The molecule has 0 saturated carbocycles. The van der Waals surface area contributed by atoms with Crippen LogP contribution < -0.4 is 5.90 Å². The molecule has 0 aliphatic heterocycles. The number of carbonyl (C=O) groups is 1. The summed E-state index contributed by atoms with van der Waals surface area (Å²) in [5.74, 6) is 4.41. The second-order valence-corrected chi connectivity index (χ2v) is 3.40. The number of nitrogens with two attached hydrogens (primary N) is 1. The highest BCUT2D eigenvalue weighted by molar-refractivity contribution is 5.81. The fraction of sp³-hybridized carbons (Fsp3) is 0.300. The summed E-state index contributed by atoms with van der Waals surface area (Å²) in [7, 11) is 0. The minimum Gasteiger partial charge on any atom is -0.373 e. The maximum absolute atomic E-state index is 11.3. The van der Waals surface area contributed by atoms with Gasteiger partial charge in [0.05, 0.1) is 5.41 Å². The van der Waals surface area contributed by atoms with Gasteiger partial charge in [0.25, 0.3) is 0 Å². The third kappa shape index (κ3) is 1.87. The van der Waals surface area contributed by atoms with Crippen LogP contribution in [0.2, 0.25) is 0 Å². The molecule has 0 aliphatic rings. The molecule has 0 saturated heterocycles. The van der Waals surface area contributed by atoms with E-state index in [4.69, 9.17) is 5.90 Å². The molecule has 3 heteroatoms. The number of benzene rings is 1. The molecule has 2 N–H and O–H groups in total. The minimum absolute atomic E-state index is 0.432. The van der Waals surface area contributed by atoms with Crippen molar-refractivity contribution in [2.24, 2.45) is 5.90 Å². The molecule has 1 aromatic rings. The lowest BCUT2D eigenvalue weighted by molar-refractivity contribution is -0.149. The van der Waals surface area contributed by atoms with Crippen LogP contribution in [0.3, 0.4) is 0 Å². The van der Waals surface area contributed by atoms with E-state index in [1.807, 2.05) is 30.3 Å². The van der Waals surface area contributed by atoms with E-state index in [0.717, 1.165) is 5.56 Å². The van der Waals surface area contributed by atoms with Crippen molar-refractivity contribution in [1.82, 2.24) is 0 Å². The van der Waals surface area contributed by atoms with Crippen LogP contribution in [0.15, 0.2) is 30.3 Å². The zero-order chi connectivity index (χ0) is 9.90. The van der Waals surface area contributed by atoms with Crippen LogP contribution >= 0.6 is 0 Å². The van der Waals surface area contributed by atoms with Crippen molar-refractivity contribution in [2.45, 2.75) is 19.3 Å². The third-order valence-corrected chi connectivity index (χ3v) is 2.11. The van der Waals surface area contributed by atoms with E-state index >= 15 is 0 Å². The molecular weight excluding hydrogens is 166 g/mol. The van der Waals surface area contributed by atoms with Crippen LogP contribution in [0.5, 0.6) is 0 Å². The van der Waals surface area contributed by atoms with Crippen LogP contribution in [0.4, 0.5) is 0 Å². The topological polar surface area (TPSA) is 52.3 Å². The van der Waals surface area contributed by atoms with Crippen molar-refractivity contribution >= 4 is 5.97 Å². The van der Waals surface area contributed by atoms with Gasteiger partial charge in [-0.3, -0.25) is 0 Å². The Hall–Kier alpha value is -1.35. The minimum atomic E-state index is -0.685. The average molecular weight is 179 g/mol. The predicted octanol–water partition coefficient (Wildman–Crippen LogP) is 1.38. The second-order valence-electron chi connectivity index (χ2n) is 3.40. The van der Waals surface area contributed by atoms with Crippen molar-refractivity contribution in [2.75, 3.05) is 0 Å². The molecule has 13 heavy (non-hydrogen) atoms. The van der Waals surface area contributed by atoms with Gasteiger partial charge in [-0.05, 0) is 19.4 Å². The first-order valence-corrected chi connectivity index (χ1v) is 4.05. The molecule has 0 spiro atoms. The molecule has 0 fully saturated rings. The van der Waals surface area contributed by atoms with E-state index in [0.29, 0.717) is 0 Å². The molecule has 0 aromatic heterocycles. The lowest BCUT2D eigenvalue weighted by atomic mass is 9.85. The third-order valence-electron chi connectivity index (χ3n) is 2.11. The maximum atomic E-state index is 11.3. The average Bonchev–Trinajstić information content (AvgIpc) is 2.18. The molecule has 0 atom stereocenters. The van der Waals surface area contributed by atoms with Gasteiger partial charge in [0.15, 0.2) is 0 Å². The van der Waals surface area contributed by atoms with E-state index in [1.165, 1.54) is 0 Å². The monoisotopic (exact) mass is 179 g/mol. The summed E-state index contributed by atoms with van der Waals surface area (Å²) in [6.07, 6.45) is 0. The molecule has 0 amide bonds. The standard InChI is InChI=1S/C10H13NO2/c1-10(2,9(12)13-11)8-6-4-3-5-7-8/h3-7H,11H2,1-2H3. The van der Waals surface area contributed by atoms with Crippen molar-refractivity contribution in [3.63, 3.8) is 0 Å². The fourth-order valence-electron chi connectivity index (χ4n) is 1.12. The van der Waals surface area contributed by atoms with Crippen LogP contribution in [-0.4, -0.2) is 5.97 Å². The lowest BCUT2D eigenvalue weighted by Crippen LogP contribution is -2.32. The second kappa shape index (κ2) is 3.58. The molecule has 0 aliphatic carbocycles. The normalized spacial score (nSPS) is 11.0. The number of hydrogen-bond donors (Lipinski definition) is 1. The van der Waals surface area contributed by atoms with Crippen molar-refractivity contribution in [3.05, 3.63) is 35.9 Å². The van der Waals surface area contributed by atoms with Crippen LogP contribution in [0.1, 0.15) is 19.4 Å². The summed E-state index contributed by atoms with van der Waals surface area (Å²) in [5.41, 5.74) is 0.209. The quantitative estimate of drug-likeness (QED) is 0.698. The van der Waals surface area contributed by atoms with Crippen LogP contribution in [0.25, 0.3) is 0 Å². The summed E-state index contributed by atoms with van der Waals surface area (Å²) < 4.78 is 0. The molecule has 0 bridgehead atoms. The van der Waals surface area contributed by atoms with E-state index in [-0.39, 0.29) is 0 Å². The Bertz CT molecular complexity index is 293. The number of hydrogen-bond acceptors (Lipinski definition) is 3. The van der Waals surface area contributed by atoms with Crippen molar-refractivity contribution < 1.29 is 9.63 Å². The van der Waals surface area contributed by atoms with Gasteiger partial charge in [-0.25, -0.2) is 4.79 Å². The van der Waals surface area contributed by atoms with Crippen molar-refractivity contribution in [1.29, 1.82) is 0 Å². The highest BCUT2D eigenvalue weighted by Crippen LogP contribution is 2.23. The van der Waals surface area contributed by atoms with E-state index < -0.39 is 11.4 Å². The van der Waals surface area contributed by atoms with E-state index in [1.54, 1.807) is 13.8 Å². The van der Waals surface area contributed by atoms with Crippen LogP contribution in [0, 0.1) is 0 Å². The highest BCUT2D eigenvalue weighted by atomic mass is 16.7. The Morgan fingerprint density at radius 3 is 2.31 bits per heavy atom. The van der Waals surface area contributed by atoms with Gasteiger partial charge in [0.1, 0.15) is 0 Å². The summed E-state index contributed by atoms with van der Waals surface area (Å²) >= 11 is 0. The summed E-state index contributed by atoms with van der Waals surface area (Å²) in [4.78, 5) is 15.5. The number of rotatable bonds is 2. The molecule has 0 heterocycles. The molecule has 0 unspecified atom stereocenters. The van der Waals surface area contributed by atoms with Gasteiger partial charge in [0.2, 0.25) is 0 Å². The Balaban J connectivity index is 3.00. The largest absolute Gasteiger partial charge is 0.373 e. The van der Waals surface area contributed by atoms with Gasteiger partial charge < -0.3 is 4.84 Å². The van der Waals surface area contributed by atoms with Crippen LogP contribution in [-0.2, 0) is 15.0 Å². The van der Waals surface area contributed by atoms with Gasteiger partial charge >= 0.3 is 5.97 Å². The highest BCUT2D eigenvalue weighted by Gasteiger charge is 2.30. The smallest absolute Gasteiger partial charge is 0.334 e. The van der Waals surface area contributed by atoms with Gasteiger partial charge in [-0.15, -0.1) is 0 Å². The molecule has 0 radical (unpaired) electrons. The van der Waals surface area contributed by atoms with Gasteiger partial charge in [0, 0.05) is 0 Å². The molecule has 1 aromatic carbocycles. The molecular formula is C10H13NO2. The Morgan fingerprint density at radius 1 is 1.31 bits per heavy atom. The van der Waals surface area contributed by atoms with Gasteiger partial charge in [-0.2, -0.15) is 5.90 Å². The lowest BCUT2D eigenvalue weighted by Gasteiger charge is -2.20. The zero-order valence-electron chi connectivity index (χ0n) is 7.78. The van der Waals surface area contributed by atoms with Crippen molar-refractivity contribution in [3.8, 4) is 0 Å². The summed E-state index contributed by atoms with van der Waals surface area (Å²) in [5, 5.41) is 0. The first-order chi connectivity index (χ1) is 6.09. The molecule has 1 rings (SSSR count). The summed E-state index contributed by atoms with van der Waals surface area (Å²) in [6.45, 7) is 3.55. The molecule has 3 nitrogen and oxygen atoms in total. The predicted molar refractivity (Wildman–Crippen MR) is 49.7 cm³/mol. The Morgan fingerprint density at radius 2 is 1.85 bits per heavy atom. The SMILES string of the molecule is CC(C)(C(=O)ON)c1ccccc1. The van der Waals surface area contributed by atoms with Gasteiger partial charge in [-0.1, -0.05) is 30.3 Å². The Kier molecular flexibility index (Phi) is 2.68. The van der Waals surface area contributed by atoms with E-state index in [2.05, 4.69) is 4.84 Å². The Labute approximate surface area is 77.5 Å². The zero-order valence-corrected chi connectivity index (χ0v) is 7.78. The number of carbonyl (C=O) groups excluding carboxylic acids is 1. The van der Waals surface area contributed by atoms with E-state index in [9.17, 15) is 4.79 Å². The first-order valence-electron chi connectivity index (χ1n) is 4.05. The first kappa shape index (κ1) is 9.74.